The van der Waals surface area contributed by atoms with E-state index >= 15 is 0 Å². The molecule has 46 heavy (non-hydrogen) atoms. The molecule has 1 unspecified atom stereocenters. The Bertz CT molecular complexity index is 1810. The molecule has 1 saturated heterocycles. The van der Waals surface area contributed by atoms with Crippen molar-refractivity contribution in [2.75, 3.05) is 43.0 Å². The topological polar surface area (TPSA) is 149 Å². The van der Waals surface area contributed by atoms with Gasteiger partial charge in [-0.2, -0.15) is 9.14 Å². The summed E-state index contributed by atoms with van der Waals surface area (Å²) < 4.78 is 69.5. The third-order valence-electron chi connectivity index (χ3n) is 7.16. The number of anilines is 2. The fourth-order valence-corrected chi connectivity index (χ4v) is 6.53. The Hall–Kier alpha value is -4.87. The molecule has 2 aromatic carbocycles. The molecule has 17 heteroatoms. The Morgan fingerprint density at radius 3 is 2.41 bits per heavy atom. The summed E-state index contributed by atoms with van der Waals surface area (Å²) in [5, 5.41) is 9.19. The maximum absolute atomic E-state index is 14.0. The minimum atomic E-state index is -5.25. The fourth-order valence-electron chi connectivity index (χ4n) is 4.97. The molecule has 1 aliphatic rings. The minimum Gasteiger partial charge on any atom is -0.480 e. The Morgan fingerprint density at radius 1 is 1.02 bits per heavy atom. The number of hydrogen-bond donors (Lipinski definition) is 1. The van der Waals surface area contributed by atoms with Crippen LogP contribution in [0, 0.1) is 0 Å². The number of hydroxylamine groups is 2. The number of amides is 1. The number of aliphatic carboxylic acids is 1. The van der Waals surface area contributed by atoms with Crippen molar-refractivity contribution in [3.05, 3.63) is 84.8 Å². The number of benzene rings is 2. The van der Waals surface area contributed by atoms with Gasteiger partial charge >= 0.3 is 12.3 Å². The lowest BCUT2D eigenvalue weighted by atomic mass is 10.1. The van der Waals surface area contributed by atoms with Gasteiger partial charge < -0.3 is 14.9 Å². The smallest absolute Gasteiger partial charge is 0.480 e. The van der Waals surface area contributed by atoms with Crippen LogP contribution in [0.4, 0.5) is 24.7 Å². The summed E-state index contributed by atoms with van der Waals surface area (Å²) in [6, 6.07) is 13.1. The van der Waals surface area contributed by atoms with Crippen LogP contribution in [0.25, 0.3) is 11.0 Å². The molecule has 1 N–H and O–H groups in total. The molecule has 0 spiro atoms. The molecule has 3 heterocycles. The Kier molecular flexibility index (Phi) is 9.36. The van der Waals surface area contributed by atoms with Gasteiger partial charge in [-0.3, -0.25) is 14.6 Å². The number of piperazine rings is 1. The summed E-state index contributed by atoms with van der Waals surface area (Å²) in [7, 11) is -2.96. The Morgan fingerprint density at radius 2 is 1.74 bits per heavy atom. The molecule has 1 fully saturated rings. The number of rotatable bonds is 10. The van der Waals surface area contributed by atoms with E-state index in [1.807, 2.05) is 0 Å². The molecule has 4 aromatic rings. The second kappa shape index (κ2) is 13.2. The van der Waals surface area contributed by atoms with E-state index in [0.29, 0.717) is 22.3 Å². The van der Waals surface area contributed by atoms with Crippen LogP contribution in [-0.4, -0.2) is 95.4 Å². The van der Waals surface area contributed by atoms with Gasteiger partial charge in [-0.05, 0) is 35.9 Å². The number of alkyl halides is 3. The van der Waals surface area contributed by atoms with Crippen LogP contribution in [0.1, 0.15) is 5.56 Å². The van der Waals surface area contributed by atoms with Crippen LogP contribution >= 0.6 is 0 Å². The van der Waals surface area contributed by atoms with Crippen LogP contribution in [0.15, 0.2) is 84.1 Å². The summed E-state index contributed by atoms with van der Waals surface area (Å²) in [6.45, 7) is -1.57. The number of likely N-dealkylation sites (N-methyl/N-ethyl adjacent to an activating group) is 1. The largest absolute Gasteiger partial charge is 0.544 e. The van der Waals surface area contributed by atoms with Crippen LogP contribution < -0.4 is 9.80 Å². The highest BCUT2D eigenvalue weighted by atomic mass is 32.2. The van der Waals surface area contributed by atoms with Gasteiger partial charge in [0, 0.05) is 38.6 Å². The number of carbonyl (C=O) groups excluding carboxylic acids is 1. The zero-order valence-electron chi connectivity index (χ0n) is 24.3. The van der Waals surface area contributed by atoms with Gasteiger partial charge in [-0.15, -0.1) is 13.2 Å². The SMILES string of the molecule is CN(CC(=O)O)c1ccc(S(=O)(=O)N2CCN(c3cnc4cnccc4n3)CC2C(=O)N(Cc2ccccc2)OC(F)(F)F)cc1. The molecule has 1 amide bonds. The number of sulfonamides is 1. The van der Waals surface area contributed by atoms with Crippen LogP contribution in [0.5, 0.6) is 0 Å². The molecule has 1 atom stereocenters. The summed E-state index contributed by atoms with van der Waals surface area (Å²) in [6.07, 6.45) is -0.823. The normalized spacial score (nSPS) is 15.9. The highest BCUT2D eigenvalue weighted by Gasteiger charge is 2.45. The monoisotopic (exact) mass is 659 g/mol. The highest BCUT2D eigenvalue weighted by molar-refractivity contribution is 7.89. The average molecular weight is 660 g/mol. The van der Waals surface area contributed by atoms with Gasteiger partial charge in [0.2, 0.25) is 10.0 Å². The van der Waals surface area contributed by atoms with E-state index in [0.717, 1.165) is 4.31 Å². The minimum absolute atomic E-state index is 0.0343. The molecule has 242 valence electrons. The van der Waals surface area contributed by atoms with Gasteiger partial charge in [-0.25, -0.2) is 23.4 Å². The molecule has 0 radical (unpaired) electrons. The van der Waals surface area contributed by atoms with Crippen molar-refractivity contribution in [3.63, 3.8) is 0 Å². The number of carboxylic acid groups (broad SMARTS) is 1. The zero-order chi connectivity index (χ0) is 33.1. The molecular formula is C29H28F3N7O6S. The van der Waals surface area contributed by atoms with Crippen molar-refractivity contribution in [3.8, 4) is 0 Å². The Labute approximate surface area is 261 Å². The number of carboxylic acids is 1. The van der Waals surface area contributed by atoms with Gasteiger partial charge in [0.15, 0.2) is 0 Å². The maximum Gasteiger partial charge on any atom is 0.544 e. The van der Waals surface area contributed by atoms with Gasteiger partial charge in [0.05, 0.1) is 29.4 Å². The van der Waals surface area contributed by atoms with E-state index in [1.165, 1.54) is 66.9 Å². The first-order chi connectivity index (χ1) is 21.8. The summed E-state index contributed by atoms with van der Waals surface area (Å²) >= 11 is 0. The number of aromatic nitrogens is 3. The number of fused-ring (bicyclic) bond motifs is 1. The second-order valence-corrected chi connectivity index (χ2v) is 12.2. The van der Waals surface area contributed by atoms with E-state index in [9.17, 15) is 31.2 Å². The van der Waals surface area contributed by atoms with Gasteiger partial charge in [0.25, 0.3) is 5.91 Å². The highest BCUT2D eigenvalue weighted by Crippen LogP contribution is 2.29. The quantitative estimate of drug-likeness (QED) is 0.251. The molecule has 13 nitrogen and oxygen atoms in total. The molecule has 0 aliphatic carbocycles. The van der Waals surface area contributed by atoms with Crippen LogP contribution in [-0.2, 0) is 31.0 Å². The van der Waals surface area contributed by atoms with E-state index in [4.69, 9.17) is 5.11 Å². The van der Waals surface area contributed by atoms with Crippen molar-refractivity contribution in [1.29, 1.82) is 0 Å². The van der Waals surface area contributed by atoms with E-state index in [-0.39, 0.29) is 42.0 Å². The standard InChI is InChI=1S/C29H28F3N7O6S/c1-36(19-27(40)41)21-7-9-22(10-8-21)46(43,44)39-14-13-37(26-16-34-24-15-33-12-11-23(24)35-26)18-25(39)28(42)38(45-29(30,31)32)17-20-5-3-2-4-6-20/h2-12,15-16,25H,13-14,17-19H2,1H3,(H,40,41). The first-order valence-electron chi connectivity index (χ1n) is 13.8. The maximum atomic E-state index is 14.0. The van der Waals surface area contributed by atoms with Crippen molar-refractivity contribution < 1.29 is 41.1 Å². The summed E-state index contributed by atoms with van der Waals surface area (Å²) in [5.41, 5.74) is 1.70. The van der Waals surface area contributed by atoms with Crippen LogP contribution in [0.2, 0.25) is 0 Å². The Balaban J connectivity index is 1.51. The van der Waals surface area contributed by atoms with Crippen molar-refractivity contribution in [2.24, 2.45) is 0 Å². The number of carbonyl (C=O) groups is 2. The first kappa shape index (κ1) is 32.5. The molecule has 0 bridgehead atoms. The molecular weight excluding hydrogens is 631 g/mol. The summed E-state index contributed by atoms with van der Waals surface area (Å²) in [5.74, 6) is -2.05. The molecule has 1 aliphatic heterocycles. The zero-order valence-corrected chi connectivity index (χ0v) is 25.1. The lowest BCUT2D eigenvalue weighted by Gasteiger charge is -2.41. The van der Waals surface area contributed by atoms with Crippen molar-refractivity contribution >= 4 is 44.4 Å². The van der Waals surface area contributed by atoms with Gasteiger partial charge in [-0.1, -0.05) is 30.3 Å². The number of halogens is 3. The first-order valence-corrected chi connectivity index (χ1v) is 15.2. The van der Waals surface area contributed by atoms with Crippen molar-refractivity contribution in [2.45, 2.75) is 23.8 Å². The number of nitrogens with zero attached hydrogens (tertiary/aromatic N) is 7. The van der Waals surface area contributed by atoms with Gasteiger partial charge in [0.1, 0.15) is 23.9 Å². The van der Waals surface area contributed by atoms with E-state index in [2.05, 4.69) is 19.8 Å². The lowest BCUT2D eigenvalue weighted by Crippen LogP contribution is -2.61. The summed E-state index contributed by atoms with van der Waals surface area (Å²) in [4.78, 5) is 44.8. The predicted molar refractivity (Wildman–Crippen MR) is 159 cm³/mol. The third kappa shape index (κ3) is 7.49. The molecule has 0 saturated carbocycles. The number of hydrogen-bond acceptors (Lipinski definition) is 10. The van der Waals surface area contributed by atoms with E-state index in [1.54, 1.807) is 29.2 Å². The third-order valence-corrected chi connectivity index (χ3v) is 9.08. The van der Waals surface area contributed by atoms with Crippen LogP contribution in [0.3, 0.4) is 0 Å². The predicted octanol–water partition coefficient (Wildman–Crippen LogP) is 2.91. The average Bonchev–Trinajstić information content (AvgIpc) is 3.03. The van der Waals surface area contributed by atoms with E-state index < -0.39 is 40.8 Å². The molecule has 2 aromatic heterocycles. The fraction of sp³-hybridized carbons (Fsp3) is 0.276. The lowest BCUT2D eigenvalue weighted by molar-refractivity contribution is -0.405. The molecule has 5 rings (SSSR count). The van der Waals surface area contributed by atoms with Crippen molar-refractivity contribution in [1.82, 2.24) is 24.3 Å². The number of pyridine rings is 1. The second-order valence-electron chi connectivity index (χ2n) is 10.3.